The first kappa shape index (κ1) is 16.7. The van der Waals surface area contributed by atoms with E-state index in [2.05, 4.69) is 22.2 Å². The molecule has 0 spiro atoms. The van der Waals surface area contributed by atoms with Gasteiger partial charge in [-0.3, -0.25) is 4.79 Å². The topological polar surface area (TPSA) is 51.0 Å². The van der Waals surface area contributed by atoms with Gasteiger partial charge in [0.2, 0.25) is 0 Å². The van der Waals surface area contributed by atoms with Crippen molar-refractivity contribution in [2.75, 3.05) is 0 Å². The van der Waals surface area contributed by atoms with Gasteiger partial charge < -0.3 is 4.90 Å². The Morgan fingerprint density at radius 2 is 1.62 bits per heavy atom. The molecule has 1 amide bonds. The Hall–Kier alpha value is -2.77. The van der Waals surface area contributed by atoms with E-state index in [-0.39, 0.29) is 5.91 Å². The first-order valence-corrected chi connectivity index (χ1v) is 9.84. The van der Waals surface area contributed by atoms with Crippen molar-refractivity contribution in [2.24, 2.45) is 0 Å². The predicted molar refractivity (Wildman–Crippen MR) is 104 cm³/mol. The molecular formula is C19H16N4OS2. The van der Waals surface area contributed by atoms with Gasteiger partial charge in [-0.2, -0.15) is 5.10 Å². The number of aromatic nitrogens is 3. The zero-order valence-electron chi connectivity index (χ0n) is 13.9. The highest BCUT2D eigenvalue weighted by Gasteiger charge is 2.18. The van der Waals surface area contributed by atoms with E-state index in [1.54, 1.807) is 33.7 Å². The fraction of sp³-hybridized carbons (Fsp3) is 0.105. The zero-order valence-corrected chi connectivity index (χ0v) is 15.5. The summed E-state index contributed by atoms with van der Waals surface area (Å²) >= 11 is 3.34. The highest BCUT2D eigenvalue weighted by Crippen LogP contribution is 2.20. The number of carbonyl (C=O) groups is 1. The quantitative estimate of drug-likeness (QED) is 0.503. The minimum absolute atomic E-state index is 0.0249. The average molecular weight is 380 g/mol. The van der Waals surface area contributed by atoms with E-state index >= 15 is 0 Å². The molecule has 0 saturated carbocycles. The van der Waals surface area contributed by atoms with Crippen molar-refractivity contribution >= 4 is 28.6 Å². The first-order chi connectivity index (χ1) is 12.8. The van der Waals surface area contributed by atoms with Crippen molar-refractivity contribution in [1.29, 1.82) is 0 Å². The molecule has 3 heterocycles. The maximum absolute atomic E-state index is 13.1. The summed E-state index contributed by atoms with van der Waals surface area (Å²) in [5.41, 5.74) is 1.55. The number of hydrogen-bond acceptors (Lipinski definition) is 5. The van der Waals surface area contributed by atoms with Crippen molar-refractivity contribution in [3.63, 3.8) is 0 Å². The van der Waals surface area contributed by atoms with Crippen LogP contribution in [0.2, 0.25) is 0 Å². The van der Waals surface area contributed by atoms with Crippen LogP contribution in [0, 0.1) is 0 Å². The smallest absolute Gasteiger partial charge is 0.254 e. The standard InChI is InChI=1S/C19H16N4OS2/c24-19(15-5-7-16(8-6-15)23-14-20-13-21-23)22(11-17-3-1-9-25-17)12-18-4-2-10-26-18/h1-10,13-14H,11-12H2. The molecular weight excluding hydrogens is 364 g/mol. The van der Waals surface area contributed by atoms with Gasteiger partial charge in [0, 0.05) is 15.3 Å². The van der Waals surface area contributed by atoms with E-state index in [0.717, 1.165) is 5.69 Å². The molecule has 0 aliphatic rings. The number of hydrogen-bond donors (Lipinski definition) is 0. The number of amides is 1. The highest BCUT2D eigenvalue weighted by molar-refractivity contribution is 7.10. The van der Waals surface area contributed by atoms with Crippen molar-refractivity contribution in [3.8, 4) is 5.69 Å². The largest absolute Gasteiger partial charge is 0.328 e. The summed E-state index contributed by atoms with van der Waals surface area (Å²) in [7, 11) is 0. The molecule has 130 valence electrons. The zero-order chi connectivity index (χ0) is 17.8. The first-order valence-electron chi connectivity index (χ1n) is 8.09. The molecule has 5 nitrogen and oxygen atoms in total. The summed E-state index contributed by atoms with van der Waals surface area (Å²) in [6, 6.07) is 15.6. The molecule has 0 bridgehead atoms. The maximum atomic E-state index is 13.1. The minimum Gasteiger partial charge on any atom is -0.328 e. The normalized spacial score (nSPS) is 10.8. The SMILES string of the molecule is O=C(c1ccc(-n2cncn2)cc1)N(Cc1cccs1)Cc1cccs1. The molecule has 0 unspecified atom stereocenters. The third-order valence-electron chi connectivity index (χ3n) is 3.94. The Balaban J connectivity index is 1.56. The van der Waals surface area contributed by atoms with Crippen LogP contribution in [0.25, 0.3) is 5.69 Å². The molecule has 0 fully saturated rings. The minimum atomic E-state index is 0.0249. The van der Waals surface area contributed by atoms with Gasteiger partial charge in [-0.1, -0.05) is 12.1 Å². The second kappa shape index (κ2) is 7.63. The average Bonchev–Trinajstić information content (AvgIpc) is 3.43. The lowest BCUT2D eigenvalue weighted by Crippen LogP contribution is -2.29. The van der Waals surface area contributed by atoms with Gasteiger partial charge in [0.15, 0.2) is 0 Å². The van der Waals surface area contributed by atoms with Gasteiger partial charge >= 0.3 is 0 Å². The predicted octanol–water partition coefficient (Wildman–Crippen LogP) is 4.23. The third kappa shape index (κ3) is 3.74. The fourth-order valence-electron chi connectivity index (χ4n) is 2.66. The molecule has 0 N–H and O–H groups in total. The molecule has 0 atom stereocenters. The summed E-state index contributed by atoms with van der Waals surface area (Å²) in [6.45, 7) is 1.22. The molecule has 1 aromatic carbocycles. The number of thiophene rings is 2. The number of carbonyl (C=O) groups excluding carboxylic acids is 1. The van der Waals surface area contributed by atoms with Crippen LogP contribution in [0.3, 0.4) is 0 Å². The summed E-state index contributed by atoms with van der Waals surface area (Å²) in [4.78, 5) is 21.3. The van der Waals surface area contributed by atoms with Crippen LogP contribution in [0.4, 0.5) is 0 Å². The second-order valence-electron chi connectivity index (χ2n) is 5.71. The Morgan fingerprint density at radius 3 is 2.12 bits per heavy atom. The highest BCUT2D eigenvalue weighted by atomic mass is 32.1. The Morgan fingerprint density at radius 1 is 0.962 bits per heavy atom. The summed E-state index contributed by atoms with van der Waals surface area (Å²) < 4.78 is 1.67. The van der Waals surface area contributed by atoms with Crippen molar-refractivity contribution in [2.45, 2.75) is 13.1 Å². The van der Waals surface area contributed by atoms with Gasteiger partial charge in [-0.25, -0.2) is 9.67 Å². The van der Waals surface area contributed by atoms with Gasteiger partial charge in [0.25, 0.3) is 5.91 Å². The molecule has 7 heteroatoms. The molecule has 0 aliphatic carbocycles. The van der Waals surface area contributed by atoms with E-state index in [1.807, 2.05) is 52.1 Å². The van der Waals surface area contributed by atoms with Crippen LogP contribution < -0.4 is 0 Å². The summed E-state index contributed by atoms with van der Waals surface area (Å²) in [5, 5.41) is 8.18. The van der Waals surface area contributed by atoms with Gasteiger partial charge in [0.05, 0.1) is 18.8 Å². The number of benzene rings is 1. The maximum Gasteiger partial charge on any atom is 0.254 e. The lowest BCUT2D eigenvalue weighted by Gasteiger charge is -2.22. The lowest BCUT2D eigenvalue weighted by molar-refractivity contribution is 0.0733. The summed E-state index contributed by atoms with van der Waals surface area (Å²) in [6.07, 6.45) is 3.12. The van der Waals surface area contributed by atoms with Crippen LogP contribution >= 0.6 is 22.7 Å². The number of nitrogens with zero attached hydrogens (tertiary/aromatic N) is 4. The van der Waals surface area contributed by atoms with Crippen molar-refractivity contribution in [3.05, 3.63) is 87.3 Å². The van der Waals surface area contributed by atoms with E-state index in [9.17, 15) is 4.79 Å². The van der Waals surface area contributed by atoms with Crippen molar-refractivity contribution in [1.82, 2.24) is 19.7 Å². The Labute approximate surface area is 159 Å². The van der Waals surface area contributed by atoms with E-state index < -0.39 is 0 Å². The number of rotatable bonds is 6. The molecule has 0 radical (unpaired) electrons. The van der Waals surface area contributed by atoms with E-state index in [4.69, 9.17) is 0 Å². The lowest BCUT2D eigenvalue weighted by atomic mass is 10.1. The molecule has 3 aromatic heterocycles. The Bertz CT molecular complexity index is 910. The van der Waals surface area contributed by atoms with Crippen LogP contribution in [0.1, 0.15) is 20.1 Å². The van der Waals surface area contributed by atoms with Crippen LogP contribution in [-0.4, -0.2) is 25.6 Å². The van der Waals surface area contributed by atoms with E-state index in [1.165, 1.54) is 16.1 Å². The van der Waals surface area contributed by atoms with Crippen LogP contribution in [0.5, 0.6) is 0 Å². The molecule has 0 aliphatic heterocycles. The molecule has 26 heavy (non-hydrogen) atoms. The van der Waals surface area contributed by atoms with Gasteiger partial charge in [0.1, 0.15) is 12.7 Å². The van der Waals surface area contributed by atoms with E-state index in [0.29, 0.717) is 18.7 Å². The third-order valence-corrected chi connectivity index (χ3v) is 5.66. The second-order valence-corrected chi connectivity index (χ2v) is 7.77. The molecule has 0 saturated heterocycles. The van der Waals surface area contributed by atoms with Gasteiger partial charge in [-0.05, 0) is 47.2 Å². The van der Waals surface area contributed by atoms with Gasteiger partial charge in [-0.15, -0.1) is 22.7 Å². The fourth-order valence-corrected chi connectivity index (χ4v) is 4.10. The molecule has 4 aromatic rings. The van der Waals surface area contributed by atoms with Crippen LogP contribution in [-0.2, 0) is 13.1 Å². The van der Waals surface area contributed by atoms with Crippen molar-refractivity contribution < 1.29 is 4.79 Å². The molecule has 4 rings (SSSR count). The monoisotopic (exact) mass is 380 g/mol. The Kier molecular flexibility index (Phi) is 4.90. The summed E-state index contributed by atoms with van der Waals surface area (Å²) in [5.74, 6) is 0.0249. The van der Waals surface area contributed by atoms with Crippen LogP contribution in [0.15, 0.2) is 71.9 Å².